The summed E-state index contributed by atoms with van der Waals surface area (Å²) in [5.41, 5.74) is 8.69. The number of carbonyl (C=O) groups is 2. The van der Waals surface area contributed by atoms with Crippen LogP contribution in [0.25, 0.3) is 11.1 Å². The number of nitrogens with two attached hydrogens (primary N) is 1. The molecule has 0 atom stereocenters. The summed E-state index contributed by atoms with van der Waals surface area (Å²) in [7, 11) is 0. The highest BCUT2D eigenvalue weighted by atomic mass is 35.5. The molecule has 2 aromatic carbocycles. The molecule has 0 aliphatic heterocycles. The molecule has 1 amide bonds. The number of carbonyl (C=O) groups excluding carboxylic acids is 2. The Morgan fingerprint density at radius 3 is 2.06 bits per heavy atom. The van der Waals surface area contributed by atoms with Crippen LogP contribution in [0.5, 0.6) is 0 Å². The molecule has 2 aromatic rings. The molecule has 4 N–H and O–H groups in total. The van der Waals surface area contributed by atoms with E-state index in [4.69, 9.17) is 15.9 Å². The molecule has 0 aromatic heterocycles. The molecule has 31 heavy (non-hydrogen) atoms. The number of hydrogen-bond acceptors (Lipinski definition) is 4. The van der Waals surface area contributed by atoms with Gasteiger partial charge in [0.1, 0.15) is 5.84 Å². The van der Waals surface area contributed by atoms with Gasteiger partial charge in [0.25, 0.3) is 5.91 Å². The maximum absolute atomic E-state index is 12.3. The Hall–Kier alpha value is -2.86. The first-order valence-electron chi connectivity index (χ1n) is 10.5. The topological polar surface area (TPSA) is 105 Å². The van der Waals surface area contributed by atoms with E-state index < -0.39 is 0 Å². The lowest BCUT2D eigenvalue weighted by Crippen LogP contribution is -2.25. The number of amides is 1. The van der Waals surface area contributed by atoms with Gasteiger partial charge in [-0.1, -0.05) is 49.2 Å². The zero-order valence-electron chi connectivity index (χ0n) is 17.6. The minimum atomic E-state index is -0.184. The van der Waals surface area contributed by atoms with Crippen molar-refractivity contribution in [3.05, 3.63) is 59.7 Å². The van der Waals surface area contributed by atoms with Crippen LogP contribution >= 0.6 is 12.4 Å². The average Bonchev–Trinajstić information content (AvgIpc) is 3.29. The summed E-state index contributed by atoms with van der Waals surface area (Å²) in [6.07, 6.45) is 5.68. The molecular weight excluding hydrogens is 414 g/mol. The largest absolute Gasteiger partial charge is 0.465 e. The third kappa shape index (κ3) is 7.40. The van der Waals surface area contributed by atoms with Crippen molar-refractivity contribution in [1.29, 1.82) is 5.41 Å². The third-order valence-corrected chi connectivity index (χ3v) is 5.47. The van der Waals surface area contributed by atoms with E-state index in [0.29, 0.717) is 43.0 Å². The van der Waals surface area contributed by atoms with E-state index in [2.05, 4.69) is 5.32 Å². The maximum Gasteiger partial charge on any atom is 0.305 e. The smallest absolute Gasteiger partial charge is 0.305 e. The molecule has 7 heteroatoms. The Balaban J connectivity index is 0.00000341. The van der Waals surface area contributed by atoms with Crippen molar-refractivity contribution in [3.63, 3.8) is 0 Å². The summed E-state index contributed by atoms with van der Waals surface area (Å²) in [4.78, 5) is 24.1. The second-order valence-electron chi connectivity index (χ2n) is 7.76. The van der Waals surface area contributed by atoms with E-state index >= 15 is 0 Å². The lowest BCUT2D eigenvalue weighted by atomic mass is 10.0. The molecule has 0 heterocycles. The molecule has 0 spiro atoms. The molecule has 1 aliphatic rings. The fraction of sp³-hybridized carbons (Fsp3) is 0.375. The average molecular weight is 444 g/mol. The number of nitrogen functional groups attached to an aromatic ring is 1. The Kier molecular flexibility index (Phi) is 9.53. The quantitative estimate of drug-likeness (QED) is 0.232. The van der Waals surface area contributed by atoms with Gasteiger partial charge in [-0.25, -0.2) is 0 Å². The van der Waals surface area contributed by atoms with Gasteiger partial charge < -0.3 is 15.8 Å². The molecule has 0 radical (unpaired) electrons. The Morgan fingerprint density at radius 2 is 1.52 bits per heavy atom. The lowest BCUT2D eigenvalue weighted by molar-refractivity contribution is -0.145. The Morgan fingerprint density at radius 1 is 0.968 bits per heavy atom. The second-order valence-corrected chi connectivity index (χ2v) is 7.76. The molecular formula is C24H30ClN3O3. The van der Waals surface area contributed by atoms with E-state index in [9.17, 15) is 9.59 Å². The zero-order chi connectivity index (χ0) is 21.3. The number of esters is 1. The summed E-state index contributed by atoms with van der Waals surface area (Å²) in [5, 5.41) is 10.3. The molecule has 6 nitrogen and oxygen atoms in total. The van der Waals surface area contributed by atoms with E-state index in [1.165, 1.54) is 12.8 Å². The van der Waals surface area contributed by atoms with E-state index in [-0.39, 0.29) is 30.1 Å². The SMILES string of the molecule is Cl.N=C(N)c1ccc(-c2ccc(C(=O)NCCCC(=O)OCC3CCCC3)cc2)cc1. The first-order valence-corrected chi connectivity index (χ1v) is 10.5. The van der Waals surface area contributed by atoms with E-state index in [1.54, 1.807) is 24.3 Å². The van der Waals surface area contributed by atoms with Crippen molar-refractivity contribution in [1.82, 2.24) is 5.32 Å². The third-order valence-electron chi connectivity index (χ3n) is 5.47. The highest BCUT2D eigenvalue weighted by Gasteiger charge is 2.16. The van der Waals surface area contributed by atoms with Gasteiger partial charge in [0.15, 0.2) is 0 Å². The predicted molar refractivity (Wildman–Crippen MR) is 125 cm³/mol. The predicted octanol–water partition coefficient (Wildman–Crippen LogP) is 4.30. The van der Waals surface area contributed by atoms with Crippen LogP contribution in [-0.4, -0.2) is 30.9 Å². The van der Waals surface area contributed by atoms with Crippen LogP contribution in [0.2, 0.25) is 0 Å². The number of halogens is 1. The van der Waals surface area contributed by atoms with Crippen molar-refractivity contribution in [2.45, 2.75) is 38.5 Å². The molecule has 0 bridgehead atoms. The second kappa shape index (κ2) is 12.1. The highest BCUT2D eigenvalue weighted by molar-refractivity contribution is 5.96. The van der Waals surface area contributed by atoms with Crippen LogP contribution in [0.1, 0.15) is 54.4 Å². The number of benzene rings is 2. The van der Waals surface area contributed by atoms with Gasteiger partial charge >= 0.3 is 5.97 Å². The van der Waals surface area contributed by atoms with Gasteiger partial charge in [-0.15, -0.1) is 12.4 Å². The van der Waals surface area contributed by atoms with Crippen molar-refractivity contribution in [3.8, 4) is 11.1 Å². The molecule has 1 aliphatic carbocycles. The van der Waals surface area contributed by atoms with Gasteiger partial charge in [0.2, 0.25) is 0 Å². The van der Waals surface area contributed by atoms with Crippen LogP contribution in [0.4, 0.5) is 0 Å². The van der Waals surface area contributed by atoms with Gasteiger partial charge in [0, 0.05) is 24.1 Å². The van der Waals surface area contributed by atoms with Gasteiger partial charge in [0.05, 0.1) is 6.61 Å². The molecule has 1 saturated carbocycles. The van der Waals surface area contributed by atoms with Crippen LogP contribution in [-0.2, 0) is 9.53 Å². The maximum atomic E-state index is 12.3. The van der Waals surface area contributed by atoms with Crippen molar-refractivity contribution in [2.75, 3.05) is 13.2 Å². The number of ether oxygens (including phenoxy) is 1. The first kappa shape index (κ1) is 24.4. The fourth-order valence-corrected chi connectivity index (χ4v) is 3.65. The minimum absolute atomic E-state index is 0. The highest BCUT2D eigenvalue weighted by Crippen LogP contribution is 2.24. The first-order chi connectivity index (χ1) is 14.5. The monoisotopic (exact) mass is 443 g/mol. The minimum Gasteiger partial charge on any atom is -0.465 e. The number of amidine groups is 1. The number of hydrogen-bond donors (Lipinski definition) is 3. The van der Waals surface area contributed by atoms with Gasteiger partial charge in [-0.05, 0) is 48.4 Å². The number of rotatable bonds is 9. The molecule has 1 fully saturated rings. The van der Waals surface area contributed by atoms with Crippen LogP contribution < -0.4 is 11.1 Å². The van der Waals surface area contributed by atoms with Crippen molar-refractivity contribution < 1.29 is 14.3 Å². The summed E-state index contributed by atoms with van der Waals surface area (Å²) < 4.78 is 5.32. The van der Waals surface area contributed by atoms with Gasteiger partial charge in [-0.2, -0.15) is 0 Å². The summed E-state index contributed by atoms with van der Waals surface area (Å²) in [6, 6.07) is 14.7. The van der Waals surface area contributed by atoms with Crippen LogP contribution in [0.15, 0.2) is 48.5 Å². The normalized spacial score (nSPS) is 13.3. The van der Waals surface area contributed by atoms with Crippen molar-refractivity contribution >= 4 is 30.1 Å². The Bertz CT molecular complexity index is 876. The summed E-state index contributed by atoms with van der Waals surface area (Å²) >= 11 is 0. The van der Waals surface area contributed by atoms with Crippen LogP contribution in [0, 0.1) is 11.3 Å². The molecule has 0 saturated heterocycles. The van der Waals surface area contributed by atoms with Gasteiger partial charge in [-0.3, -0.25) is 15.0 Å². The summed E-state index contributed by atoms with van der Waals surface area (Å²) in [6.45, 7) is 0.973. The molecule has 3 rings (SSSR count). The van der Waals surface area contributed by atoms with Crippen molar-refractivity contribution in [2.24, 2.45) is 11.7 Å². The summed E-state index contributed by atoms with van der Waals surface area (Å²) in [5.74, 6) is 0.225. The van der Waals surface area contributed by atoms with E-state index in [1.807, 2.05) is 24.3 Å². The standard InChI is InChI=1S/C24H29N3O3.ClH/c25-23(26)20-11-7-18(8-12-20)19-9-13-21(14-10-19)24(29)27-15-3-6-22(28)30-16-17-4-1-2-5-17;/h7-14,17H,1-6,15-16H2,(H3,25,26)(H,27,29);1H. The number of nitrogens with one attached hydrogen (secondary N) is 2. The lowest BCUT2D eigenvalue weighted by Gasteiger charge is -2.10. The zero-order valence-corrected chi connectivity index (χ0v) is 18.4. The fourth-order valence-electron chi connectivity index (χ4n) is 3.65. The van der Waals surface area contributed by atoms with E-state index in [0.717, 1.165) is 24.0 Å². The molecule has 0 unspecified atom stereocenters. The molecule has 166 valence electrons. The Labute approximate surface area is 189 Å². The van der Waals surface area contributed by atoms with Crippen LogP contribution in [0.3, 0.4) is 0 Å².